The van der Waals surface area contributed by atoms with E-state index < -0.39 is 5.92 Å². The summed E-state index contributed by atoms with van der Waals surface area (Å²) in [5.41, 5.74) is 2.95. The molecule has 0 saturated heterocycles. The van der Waals surface area contributed by atoms with Crippen LogP contribution in [0.4, 0.5) is 0 Å². The number of aryl methyl sites for hydroxylation is 2. The Bertz CT molecular complexity index is 792. The number of benzene rings is 2. The van der Waals surface area contributed by atoms with Gasteiger partial charge in [0.25, 0.3) is 0 Å². The Morgan fingerprint density at radius 2 is 1.85 bits per heavy atom. The van der Waals surface area contributed by atoms with Crippen LogP contribution in [0.3, 0.4) is 0 Å². The van der Waals surface area contributed by atoms with E-state index in [0.717, 1.165) is 27.5 Å². The minimum absolute atomic E-state index is 0.134. The molecule has 2 aromatic rings. The average molecular weight is 385 g/mol. The molecule has 2 atom stereocenters. The van der Waals surface area contributed by atoms with Crippen LogP contribution in [-0.4, -0.2) is 12.5 Å². The highest BCUT2D eigenvalue weighted by molar-refractivity contribution is 6.32. The number of nitrogens with one attached hydrogen (secondary N) is 1. The lowest BCUT2D eigenvalue weighted by molar-refractivity contribution is -0.124. The van der Waals surface area contributed by atoms with Gasteiger partial charge in [-0.1, -0.05) is 41.9 Å². The second-order valence-corrected chi connectivity index (χ2v) is 7.06. The van der Waals surface area contributed by atoms with Crippen LogP contribution in [0.15, 0.2) is 42.5 Å². The molecule has 0 spiro atoms. The summed E-state index contributed by atoms with van der Waals surface area (Å²) in [5, 5.41) is 13.0. The second-order valence-electron chi connectivity index (χ2n) is 6.68. The predicted molar refractivity (Wildman–Crippen MR) is 108 cm³/mol. The molecule has 5 heteroatoms. The minimum Gasteiger partial charge on any atom is -0.494 e. The lowest BCUT2D eigenvalue weighted by Crippen LogP contribution is -2.32. The van der Waals surface area contributed by atoms with Crippen LogP contribution in [0.5, 0.6) is 5.75 Å². The van der Waals surface area contributed by atoms with Gasteiger partial charge in [-0.3, -0.25) is 4.79 Å². The van der Waals surface area contributed by atoms with Gasteiger partial charge in [0.2, 0.25) is 5.91 Å². The van der Waals surface area contributed by atoms with Crippen molar-refractivity contribution in [2.45, 2.75) is 39.7 Å². The lowest BCUT2D eigenvalue weighted by atomic mass is 10.0. The van der Waals surface area contributed by atoms with Crippen molar-refractivity contribution in [1.29, 1.82) is 5.26 Å². The van der Waals surface area contributed by atoms with Crippen LogP contribution in [0, 0.1) is 31.1 Å². The first-order valence-electron chi connectivity index (χ1n) is 9.07. The van der Waals surface area contributed by atoms with E-state index in [2.05, 4.69) is 11.4 Å². The largest absolute Gasteiger partial charge is 0.494 e. The summed E-state index contributed by atoms with van der Waals surface area (Å²) in [4.78, 5) is 12.4. The Morgan fingerprint density at radius 1 is 1.22 bits per heavy atom. The average Bonchev–Trinajstić information content (AvgIpc) is 2.66. The Labute approximate surface area is 166 Å². The molecule has 0 radical (unpaired) electrons. The molecular formula is C22H25ClN2O2. The van der Waals surface area contributed by atoms with Crippen molar-refractivity contribution in [1.82, 2.24) is 5.32 Å². The quantitative estimate of drug-likeness (QED) is 0.641. The Hall–Kier alpha value is -2.51. The summed E-state index contributed by atoms with van der Waals surface area (Å²) in [5.74, 6) is -0.175. The topological polar surface area (TPSA) is 62.1 Å². The van der Waals surface area contributed by atoms with Crippen molar-refractivity contribution in [2.24, 2.45) is 5.92 Å². The normalized spacial score (nSPS) is 12.7. The molecule has 142 valence electrons. The first-order valence-corrected chi connectivity index (χ1v) is 9.44. The highest BCUT2D eigenvalue weighted by Gasteiger charge is 2.19. The van der Waals surface area contributed by atoms with Crippen LogP contribution >= 0.6 is 11.6 Å². The number of hydrogen-bond donors (Lipinski definition) is 1. The number of halogens is 1. The Kier molecular flexibility index (Phi) is 7.69. The van der Waals surface area contributed by atoms with Crippen LogP contribution in [0.25, 0.3) is 0 Å². The number of amides is 1. The van der Waals surface area contributed by atoms with Gasteiger partial charge in [0.05, 0.1) is 18.7 Å². The zero-order chi connectivity index (χ0) is 19.8. The fourth-order valence-electron chi connectivity index (χ4n) is 2.86. The highest BCUT2D eigenvalue weighted by Crippen LogP contribution is 2.26. The van der Waals surface area contributed by atoms with E-state index >= 15 is 0 Å². The van der Waals surface area contributed by atoms with E-state index in [-0.39, 0.29) is 11.9 Å². The molecule has 1 N–H and O–H groups in total. The summed E-state index contributed by atoms with van der Waals surface area (Å²) in [6.45, 7) is 6.23. The molecule has 0 bridgehead atoms. The van der Waals surface area contributed by atoms with Crippen molar-refractivity contribution < 1.29 is 9.53 Å². The third-order valence-corrected chi connectivity index (χ3v) is 5.04. The van der Waals surface area contributed by atoms with Gasteiger partial charge in [0.15, 0.2) is 0 Å². The van der Waals surface area contributed by atoms with Gasteiger partial charge in [0, 0.05) is 5.02 Å². The lowest BCUT2D eigenvalue weighted by Gasteiger charge is -2.17. The van der Waals surface area contributed by atoms with Gasteiger partial charge >= 0.3 is 0 Å². The predicted octanol–water partition coefficient (Wildman–Crippen LogP) is 5.13. The SMILES string of the molecule is Cc1cc(OCCCC(C#N)C(=O)NC(C)c2ccccc2)cc(C)c1Cl. The Morgan fingerprint density at radius 3 is 2.44 bits per heavy atom. The van der Waals surface area contributed by atoms with Gasteiger partial charge in [-0.25, -0.2) is 0 Å². The summed E-state index contributed by atoms with van der Waals surface area (Å²) >= 11 is 6.16. The van der Waals surface area contributed by atoms with E-state index in [9.17, 15) is 10.1 Å². The number of nitriles is 1. The molecule has 4 nitrogen and oxygen atoms in total. The molecule has 27 heavy (non-hydrogen) atoms. The maximum absolute atomic E-state index is 12.4. The van der Waals surface area contributed by atoms with E-state index in [0.29, 0.717) is 19.4 Å². The number of nitrogens with zero attached hydrogens (tertiary/aromatic N) is 1. The summed E-state index contributed by atoms with van der Waals surface area (Å²) < 4.78 is 5.75. The molecule has 2 unspecified atom stereocenters. The van der Waals surface area contributed by atoms with Gasteiger partial charge in [-0.15, -0.1) is 0 Å². The number of carbonyl (C=O) groups excluding carboxylic acids is 1. The van der Waals surface area contributed by atoms with Gasteiger partial charge in [0.1, 0.15) is 11.7 Å². The maximum Gasteiger partial charge on any atom is 0.237 e. The van der Waals surface area contributed by atoms with E-state index in [1.54, 1.807) is 0 Å². The van der Waals surface area contributed by atoms with Crippen LogP contribution in [-0.2, 0) is 4.79 Å². The standard InChI is InChI=1S/C22H25ClN2O2/c1-15-12-20(13-16(2)21(15)23)27-11-7-10-19(14-24)22(26)25-17(3)18-8-5-4-6-9-18/h4-6,8-9,12-13,17,19H,7,10-11H2,1-3H3,(H,25,26). The van der Waals surface area contributed by atoms with Crippen molar-refractivity contribution in [3.05, 3.63) is 64.2 Å². The number of ether oxygens (including phenoxy) is 1. The molecule has 1 amide bonds. The molecule has 0 aromatic heterocycles. The zero-order valence-electron chi connectivity index (χ0n) is 16.0. The monoisotopic (exact) mass is 384 g/mol. The first kappa shape index (κ1) is 20.8. The zero-order valence-corrected chi connectivity index (χ0v) is 16.7. The van der Waals surface area contributed by atoms with E-state index in [4.69, 9.17) is 16.3 Å². The summed E-state index contributed by atoms with van der Waals surface area (Å²) in [6.07, 6.45) is 1.07. The Balaban J connectivity index is 1.81. The number of rotatable bonds is 8. The number of carbonyl (C=O) groups is 1. The fourth-order valence-corrected chi connectivity index (χ4v) is 2.97. The summed E-state index contributed by atoms with van der Waals surface area (Å²) in [6, 6.07) is 15.4. The summed E-state index contributed by atoms with van der Waals surface area (Å²) in [7, 11) is 0. The van der Waals surface area contributed by atoms with Gasteiger partial charge in [-0.2, -0.15) is 5.26 Å². The molecule has 2 rings (SSSR count). The first-order chi connectivity index (χ1) is 12.9. The van der Waals surface area contributed by atoms with Crippen molar-refractivity contribution in [3.8, 4) is 11.8 Å². The van der Waals surface area contributed by atoms with Gasteiger partial charge < -0.3 is 10.1 Å². The van der Waals surface area contributed by atoms with E-state index in [1.165, 1.54) is 0 Å². The molecular weight excluding hydrogens is 360 g/mol. The fraction of sp³-hybridized carbons (Fsp3) is 0.364. The number of hydrogen-bond acceptors (Lipinski definition) is 3. The maximum atomic E-state index is 12.4. The van der Waals surface area contributed by atoms with Crippen LogP contribution < -0.4 is 10.1 Å². The minimum atomic E-state index is -0.687. The molecule has 2 aromatic carbocycles. The second kappa shape index (κ2) is 9.99. The van der Waals surface area contributed by atoms with Crippen LogP contribution in [0.1, 0.15) is 42.5 Å². The van der Waals surface area contributed by atoms with E-state index in [1.807, 2.05) is 63.2 Å². The molecule has 0 aliphatic heterocycles. The van der Waals surface area contributed by atoms with Gasteiger partial charge in [-0.05, 0) is 62.4 Å². The molecule has 0 saturated carbocycles. The third kappa shape index (κ3) is 6.01. The molecule has 0 aliphatic rings. The van der Waals surface area contributed by atoms with Crippen molar-refractivity contribution in [2.75, 3.05) is 6.61 Å². The van der Waals surface area contributed by atoms with Crippen LogP contribution in [0.2, 0.25) is 5.02 Å². The molecule has 0 heterocycles. The smallest absolute Gasteiger partial charge is 0.237 e. The highest BCUT2D eigenvalue weighted by atomic mass is 35.5. The molecule has 0 aliphatic carbocycles. The molecule has 0 fully saturated rings. The van der Waals surface area contributed by atoms with Crippen molar-refractivity contribution in [3.63, 3.8) is 0 Å². The van der Waals surface area contributed by atoms with Crippen molar-refractivity contribution >= 4 is 17.5 Å². The third-order valence-electron chi connectivity index (χ3n) is 4.45.